The summed E-state index contributed by atoms with van der Waals surface area (Å²) in [6.07, 6.45) is 1.04. The van der Waals surface area contributed by atoms with E-state index in [1.807, 2.05) is 24.3 Å². The molecule has 0 bridgehead atoms. The molecule has 0 aromatic heterocycles. The summed E-state index contributed by atoms with van der Waals surface area (Å²) >= 11 is 0. The zero-order chi connectivity index (χ0) is 12.2. The molecule has 0 spiro atoms. The van der Waals surface area contributed by atoms with Gasteiger partial charge in [0, 0.05) is 23.8 Å². The summed E-state index contributed by atoms with van der Waals surface area (Å²) in [6.45, 7) is 7.96. The predicted octanol–water partition coefficient (Wildman–Crippen LogP) is 3.25. The molecule has 0 radical (unpaired) electrons. The van der Waals surface area contributed by atoms with Gasteiger partial charge in [-0.2, -0.15) is 0 Å². The largest absolute Gasteiger partial charge is 0.380 e. The van der Waals surface area contributed by atoms with Crippen LogP contribution in [-0.4, -0.2) is 11.4 Å². The number of carbonyl (C=O) groups is 1. The molecule has 0 atom stereocenters. The van der Waals surface area contributed by atoms with Crippen molar-refractivity contribution in [3.8, 4) is 0 Å². The van der Waals surface area contributed by atoms with E-state index in [9.17, 15) is 4.79 Å². The van der Waals surface area contributed by atoms with Crippen LogP contribution < -0.4 is 10.6 Å². The average molecular weight is 220 g/mol. The third-order valence-corrected chi connectivity index (χ3v) is 2.55. The summed E-state index contributed by atoms with van der Waals surface area (Å²) < 4.78 is 0. The lowest BCUT2D eigenvalue weighted by molar-refractivity contribution is -0.114. The lowest BCUT2D eigenvalue weighted by Gasteiger charge is -2.26. The Bertz CT molecular complexity index is 372. The monoisotopic (exact) mass is 220 g/mol. The molecule has 1 rings (SSSR count). The molecule has 3 nitrogen and oxygen atoms in total. The summed E-state index contributed by atoms with van der Waals surface area (Å²) in [5, 5.41) is 6.20. The Kier molecular flexibility index (Phi) is 3.93. The second-order valence-electron chi connectivity index (χ2n) is 4.62. The smallest absolute Gasteiger partial charge is 0.221 e. The van der Waals surface area contributed by atoms with Crippen LogP contribution in [0, 0.1) is 0 Å². The molecule has 0 fully saturated rings. The van der Waals surface area contributed by atoms with Crippen molar-refractivity contribution in [3.05, 3.63) is 24.3 Å². The molecule has 0 heterocycles. The Morgan fingerprint density at radius 1 is 1.31 bits per heavy atom. The summed E-state index contributed by atoms with van der Waals surface area (Å²) in [5.41, 5.74) is 1.91. The number of carbonyl (C=O) groups excluding carboxylic acids is 1. The maximum absolute atomic E-state index is 10.9. The normalized spacial score (nSPS) is 11.0. The number of hydrogen-bond acceptors (Lipinski definition) is 2. The van der Waals surface area contributed by atoms with Gasteiger partial charge in [0.05, 0.1) is 0 Å². The molecule has 16 heavy (non-hydrogen) atoms. The highest BCUT2D eigenvalue weighted by molar-refractivity contribution is 5.89. The van der Waals surface area contributed by atoms with Crippen LogP contribution in [0.15, 0.2) is 24.3 Å². The van der Waals surface area contributed by atoms with E-state index >= 15 is 0 Å². The minimum Gasteiger partial charge on any atom is -0.380 e. The van der Waals surface area contributed by atoms with Crippen LogP contribution in [0.5, 0.6) is 0 Å². The molecule has 3 heteroatoms. The highest BCUT2D eigenvalue weighted by atomic mass is 16.1. The van der Waals surface area contributed by atoms with Gasteiger partial charge in [0.1, 0.15) is 0 Å². The maximum Gasteiger partial charge on any atom is 0.221 e. The second kappa shape index (κ2) is 5.01. The van der Waals surface area contributed by atoms with Crippen LogP contribution in [-0.2, 0) is 4.79 Å². The van der Waals surface area contributed by atoms with Gasteiger partial charge < -0.3 is 10.6 Å². The molecule has 1 aromatic rings. The van der Waals surface area contributed by atoms with Gasteiger partial charge in [-0.15, -0.1) is 0 Å². The van der Waals surface area contributed by atoms with Crippen LogP contribution in [0.1, 0.15) is 34.1 Å². The number of rotatable bonds is 4. The second-order valence-corrected chi connectivity index (χ2v) is 4.62. The van der Waals surface area contributed by atoms with Crippen LogP contribution in [0.2, 0.25) is 0 Å². The summed E-state index contributed by atoms with van der Waals surface area (Å²) in [6, 6.07) is 7.76. The van der Waals surface area contributed by atoms with Gasteiger partial charge in [-0.3, -0.25) is 4.79 Å². The number of anilines is 2. The van der Waals surface area contributed by atoms with E-state index in [-0.39, 0.29) is 11.4 Å². The predicted molar refractivity (Wildman–Crippen MR) is 68.7 cm³/mol. The van der Waals surface area contributed by atoms with Crippen molar-refractivity contribution in [2.75, 3.05) is 10.6 Å². The number of hydrogen-bond donors (Lipinski definition) is 2. The number of benzene rings is 1. The van der Waals surface area contributed by atoms with Gasteiger partial charge in [-0.1, -0.05) is 13.0 Å². The molecule has 0 saturated carbocycles. The minimum absolute atomic E-state index is 0.0492. The van der Waals surface area contributed by atoms with Crippen molar-refractivity contribution in [2.24, 2.45) is 0 Å². The fourth-order valence-corrected chi connectivity index (χ4v) is 1.36. The first-order valence-corrected chi connectivity index (χ1v) is 5.59. The van der Waals surface area contributed by atoms with Crippen LogP contribution >= 0.6 is 0 Å². The molecular weight excluding hydrogens is 200 g/mol. The molecule has 0 aliphatic rings. The third kappa shape index (κ3) is 3.93. The molecule has 0 saturated heterocycles. The van der Waals surface area contributed by atoms with Gasteiger partial charge in [-0.05, 0) is 38.5 Å². The first kappa shape index (κ1) is 12.6. The van der Waals surface area contributed by atoms with Crippen LogP contribution in [0.3, 0.4) is 0 Å². The first-order chi connectivity index (χ1) is 7.43. The maximum atomic E-state index is 10.9. The Morgan fingerprint density at radius 2 is 1.94 bits per heavy atom. The van der Waals surface area contributed by atoms with Crippen molar-refractivity contribution in [1.29, 1.82) is 0 Å². The van der Waals surface area contributed by atoms with Gasteiger partial charge in [0.2, 0.25) is 5.91 Å². The van der Waals surface area contributed by atoms with E-state index in [2.05, 4.69) is 31.4 Å². The van der Waals surface area contributed by atoms with E-state index in [1.165, 1.54) is 6.92 Å². The van der Waals surface area contributed by atoms with E-state index < -0.39 is 0 Å². The molecule has 0 aliphatic heterocycles. The Hall–Kier alpha value is -1.51. The number of amides is 1. The minimum atomic E-state index is -0.0492. The van der Waals surface area contributed by atoms with Gasteiger partial charge in [-0.25, -0.2) is 0 Å². The molecular formula is C13H20N2O. The molecule has 2 N–H and O–H groups in total. The quantitative estimate of drug-likeness (QED) is 0.817. The Labute approximate surface area is 97.2 Å². The molecule has 1 amide bonds. The van der Waals surface area contributed by atoms with E-state index in [1.54, 1.807) is 0 Å². The third-order valence-electron chi connectivity index (χ3n) is 2.55. The van der Waals surface area contributed by atoms with Crippen molar-refractivity contribution >= 4 is 17.3 Å². The molecule has 0 unspecified atom stereocenters. The standard InChI is InChI=1S/C13H20N2O/c1-5-13(3,4)15-12-8-6-7-11(9-12)14-10(2)16/h6-9,15H,5H2,1-4H3,(H,14,16). The van der Waals surface area contributed by atoms with Crippen molar-refractivity contribution in [2.45, 2.75) is 39.7 Å². The van der Waals surface area contributed by atoms with E-state index in [4.69, 9.17) is 0 Å². The molecule has 88 valence electrons. The topological polar surface area (TPSA) is 41.1 Å². The van der Waals surface area contributed by atoms with Crippen LogP contribution in [0.25, 0.3) is 0 Å². The van der Waals surface area contributed by atoms with Gasteiger partial charge >= 0.3 is 0 Å². The average Bonchev–Trinajstić information content (AvgIpc) is 2.16. The van der Waals surface area contributed by atoms with Gasteiger partial charge in [0.25, 0.3) is 0 Å². The zero-order valence-corrected chi connectivity index (χ0v) is 10.4. The van der Waals surface area contributed by atoms with Crippen molar-refractivity contribution < 1.29 is 4.79 Å². The highest BCUT2D eigenvalue weighted by Crippen LogP contribution is 2.20. The van der Waals surface area contributed by atoms with Crippen molar-refractivity contribution in [1.82, 2.24) is 0 Å². The lowest BCUT2D eigenvalue weighted by Crippen LogP contribution is -2.29. The summed E-state index contributed by atoms with van der Waals surface area (Å²) in [7, 11) is 0. The van der Waals surface area contributed by atoms with Crippen molar-refractivity contribution in [3.63, 3.8) is 0 Å². The fraction of sp³-hybridized carbons (Fsp3) is 0.462. The van der Waals surface area contributed by atoms with Gasteiger partial charge in [0.15, 0.2) is 0 Å². The molecule has 0 aliphatic carbocycles. The SMILES string of the molecule is CCC(C)(C)Nc1cccc(NC(C)=O)c1. The van der Waals surface area contributed by atoms with E-state index in [0.29, 0.717) is 0 Å². The number of nitrogens with one attached hydrogen (secondary N) is 2. The van der Waals surface area contributed by atoms with E-state index in [0.717, 1.165) is 17.8 Å². The molecule has 1 aromatic carbocycles. The lowest BCUT2D eigenvalue weighted by atomic mass is 10.0. The first-order valence-electron chi connectivity index (χ1n) is 5.59. The summed E-state index contributed by atoms with van der Waals surface area (Å²) in [4.78, 5) is 10.9. The zero-order valence-electron chi connectivity index (χ0n) is 10.4. The Balaban J connectivity index is 2.78. The van der Waals surface area contributed by atoms with Crippen LogP contribution in [0.4, 0.5) is 11.4 Å². The highest BCUT2D eigenvalue weighted by Gasteiger charge is 2.13. The Morgan fingerprint density at radius 3 is 2.50 bits per heavy atom. The fourth-order valence-electron chi connectivity index (χ4n) is 1.36. The summed E-state index contributed by atoms with van der Waals surface area (Å²) in [5.74, 6) is -0.0492.